The van der Waals surface area contributed by atoms with Gasteiger partial charge in [-0.15, -0.1) is 10.2 Å². The first-order valence-electron chi connectivity index (χ1n) is 14.0. The number of aromatic nitrogens is 6. The van der Waals surface area contributed by atoms with Crippen molar-refractivity contribution < 1.29 is 8.78 Å². The highest BCUT2D eigenvalue weighted by molar-refractivity contribution is 5.82. The molecule has 2 saturated carbocycles. The zero-order valence-corrected chi connectivity index (χ0v) is 23.0. The Labute approximate surface area is 240 Å². The molecule has 0 bridgehead atoms. The molecule has 0 aliphatic heterocycles. The van der Waals surface area contributed by atoms with Gasteiger partial charge in [-0.1, -0.05) is 12.1 Å². The number of benzene rings is 1. The Morgan fingerprint density at radius 1 is 1.10 bits per heavy atom. The molecule has 0 saturated heterocycles. The molecule has 2 fully saturated rings. The van der Waals surface area contributed by atoms with Gasteiger partial charge >= 0.3 is 5.69 Å². The van der Waals surface area contributed by atoms with Crippen LogP contribution in [0.15, 0.2) is 66.0 Å². The summed E-state index contributed by atoms with van der Waals surface area (Å²) in [6.07, 6.45) is 7.13. The lowest BCUT2D eigenvalue weighted by molar-refractivity contribution is -0.109. The molecule has 7 rings (SSSR count). The zero-order valence-electron chi connectivity index (χ0n) is 23.0. The summed E-state index contributed by atoms with van der Waals surface area (Å²) in [5.41, 5.74) is 5.31. The summed E-state index contributed by atoms with van der Waals surface area (Å²) in [6, 6.07) is 15.5. The van der Waals surface area contributed by atoms with Gasteiger partial charge in [0.15, 0.2) is 5.82 Å². The lowest BCUT2D eigenvalue weighted by atomic mass is 9.81. The standard InChI is InChI=1S/C31H28F2N8O/c1-39-18-36-38-29(39)26-8-19(13-34)3-7-25(26)23-9-27(22-4-5-22)37-28(10-23)41-17-24-6-2-20(16-40(24)30(41)42)14-35-15-21-11-31(32,33)12-21/h2-3,6-10,16-18,21-22,35H,4-5,11-12,14-15H2,1H3. The van der Waals surface area contributed by atoms with E-state index < -0.39 is 5.92 Å². The SMILES string of the molecule is Cn1cnnc1-c1cc(C#N)ccc1-c1cc(C2CC2)nc(-n2cc3ccc(CNCC4CC(F)(F)C4)cn3c2=O)c1. The van der Waals surface area contributed by atoms with Gasteiger partial charge in [0.1, 0.15) is 12.1 Å². The number of alkyl halides is 2. The molecule has 212 valence electrons. The number of hydrogen-bond acceptors (Lipinski definition) is 6. The van der Waals surface area contributed by atoms with Crippen molar-refractivity contribution in [1.29, 1.82) is 5.26 Å². The first-order valence-corrected chi connectivity index (χ1v) is 14.0. The second kappa shape index (κ2) is 9.99. The van der Waals surface area contributed by atoms with Crippen molar-refractivity contribution in [2.24, 2.45) is 13.0 Å². The van der Waals surface area contributed by atoms with Gasteiger partial charge in [-0.3, -0.25) is 8.97 Å². The Kier molecular flexibility index (Phi) is 6.24. The van der Waals surface area contributed by atoms with Gasteiger partial charge in [-0.05, 0) is 72.3 Å². The fourth-order valence-corrected chi connectivity index (χ4v) is 5.73. The number of imidazole rings is 1. The minimum absolute atomic E-state index is 0.0168. The van der Waals surface area contributed by atoms with E-state index in [9.17, 15) is 18.8 Å². The van der Waals surface area contributed by atoms with Crippen molar-refractivity contribution in [3.8, 4) is 34.4 Å². The Balaban J connectivity index is 1.25. The van der Waals surface area contributed by atoms with Crippen molar-refractivity contribution in [1.82, 2.24) is 34.0 Å². The van der Waals surface area contributed by atoms with E-state index >= 15 is 0 Å². The molecule has 4 heterocycles. The Hall–Kier alpha value is -4.69. The molecule has 1 N–H and O–H groups in total. The average molecular weight is 567 g/mol. The quantitative estimate of drug-likeness (QED) is 0.288. The monoisotopic (exact) mass is 566 g/mol. The topological polar surface area (TPSA) is 106 Å². The van der Waals surface area contributed by atoms with Crippen molar-refractivity contribution in [3.63, 3.8) is 0 Å². The fourth-order valence-electron chi connectivity index (χ4n) is 5.73. The van der Waals surface area contributed by atoms with Crippen LogP contribution in [-0.2, 0) is 13.6 Å². The molecule has 5 aromatic rings. The van der Waals surface area contributed by atoms with Crippen LogP contribution in [0.2, 0.25) is 0 Å². The Morgan fingerprint density at radius 3 is 2.64 bits per heavy atom. The van der Waals surface area contributed by atoms with Gasteiger partial charge in [0, 0.05) is 56.0 Å². The van der Waals surface area contributed by atoms with Crippen LogP contribution in [0.25, 0.3) is 33.8 Å². The highest BCUT2D eigenvalue weighted by atomic mass is 19.3. The third kappa shape index (κ3) is 4.88. The first kappa shape index (κ1) is 26.2. The summed E-state index contributed by atoms with van der Waals surface area (Å²) >= 11 is 0. The summed E-state index contributed by atoms with van der Waals surface area (Å²) < 4.78 is 31.2. The fraction of sp³-hybridized carbons (Fsp3) is 0.323. The number of nitriles is 1. The molecule has 11 heteroatoms. The maximum absolute atomic E-state index is 13.6. The van der Waals surface area contributed by atoms with Crippen LogP contribution in [-0.4, -0.2) is 41.2 Å². The number of pyridine rings is 2. The molecule has 42 heavy (non-hydrogen) atoms. The lowest BCUT2D eigenvalue weighted by Crippen LogP contribution is -2.40. The summed E-state index contributed by atoms with van der Waals surface area (Å²) in [7, 11) is 1.85. The summed E-state index contributed by atoms with van der Waals surface area (Å²) in [5, 5.41) is 21.1. The van der Waals surface area contributed by atoms with Gasteiger partial charge in [0.05, 0.1) is 17.1 Å². The number of aryl methyl sites for hydroxylation is 1. The van der Waals surface area contributed by atoms with Gasteiger partial charge in [0.25, 0.3) is 0 Å². The molecule has 0 amide bonds. The van der Waals surface area contributed by atoms with Gasteiger partial charge in [0.2, 0.25) is 5.92 Å². The molecule has 1 aromatic carbocycles. The normalized spacial score (nSPS) is 16.4. The predicted molar refractivity (Wildman–Crippen MR) is 152 cm³/mol. The second-order valence-electron chi connectivity index (χ2n) is 11.4. The molecule has 0 spiro atoms. The van der Waals surface area contributed by atoms with Crippen LogP contribution in [0, 0.1) is 17.2 Å². The van der Waals surface area contributed by atoms with E-state index in [4.69, 9.17) is 4.98 Å². The van der Waals surface area contributed by atoms with Crippen LogP contribution in [0.1, 0.15) is 48.4 Å². The van der Waals surface area contributed by atoms with E-state index in [1.165, 1.54) is 0 Å². The highest BCUT2D eigenvalue weighted by Crippen LogP contribution is 2.42. The number of fused-ring (bicyclic) bond motifs is 1. The van der Waals surface area contributed by atoms with E-state index in [-0.39, 0.29) is 24.4 Å². The lowest BCUT2D eigenvalue weighted by Gasteiger charge is -2.35. The van der Waals surface area contributed by atoms with Gasteiger partial charge in [-0.2, -0.15) is 5.26 Å². The van der Waals surface area contributed by atoms with E-state index in [0.29, 0.717) is 36.2 Å². The molecule has 0 unspecified atom stereocenters. The minimum Gasteiger partial charge on any atom is -0.317 e. The average Bonchev–Trinajstić information content (AvgIpc) is 3.66. The number of rotatable bonds is 8. The Bertz CT molecular complexity index is 1920. The summed E-state index contributed by atoms with van der Waals surface area (Å²) in [5.74, 6) is -1.06. The molecular weight excluding hydrogens is 538 g/mol. The second-order valence-corrected chi connectivity index (χ2v) is 11.4. The minimum atomic E-state index is -2.52. The summed E-state index contributed by atoms with van der Waals surface area (Å²) in [4.78, 5) is 18.5. The molecule has 0 radical (unpaired) electrons. The van der Waals surface area contributed by atoms with Crippen LogP contribution in [0.4, 0.5) is 8.78 Å². The Morgan fingerprint density at radius 2 is 1.93 bits per heavy atom. The van der Waals surface area contributed by atoms with Crippen molar-refractivity contribution >= 4 is 5.52 Å². The molecule has 0 atom stereocenters. The van der Waals surface area contributed by atoms with Gasteiger partial charge in [-0.25, -0.2) is 18.6 Å². The van der Waals surface area contributed by atoms with E-state index in [1.807, 2.05) is 35.9 Å². The molecule has 4 aromatic heterocycles. The van der Waals surface area contributed by atoms with Crippen molar-refractivity contribution in [2.75, 3.05) is 6.54 Å². The summed E-state index contributed by atoms with van der Waals surface area (Å²) in [6.45, 7) is 1.01. The zero-order chi connectivity index (χ0) is 29.0. The number of nitrogens with one attached hydrogen (secondary N) is 1. The van der Waals surface area contributed by atoms with Crippen LogP contribution >= 0.6 is 0 Å². The van der Waals surface area contributed by atoms with Crippen molar-refractivity contribution in [3.05, 3.63) is 88.5 Å². The highest BCUT2D eigenvalue weighted by Gasteiger charge is 2.44. The van der Waals surface area contributed by atoms with E-state index in [2.05, 4.69) is 27.6 Å². The van der Waals surface area contributed by atoms with Gasteiger partial charge < -0.3 is 9.88 Å². The third-order valence-corrected chi connectivity index (χ3v) is 8.14. The van der Waals surface area contributed by atoms with Crippen molar-refractivity contribution in [2.45, 2.75) is 44.1 Å². The maximum Gasteiger partial charge on any atom is 0.338 e. The number of halogens is 2. The molecular formula is C31H28F2N8O. The van der Waals surface area contributed by atoms with E-state index in [0.717, 1.165) is 46.3 Å². The number of nitrogens with zero attached hydrogens (tertiary/aromatic N) is 7. The molecule has 2 aliphatic rings. The smallest absolute Gasteiger partial charge is 0.317 e. The largest absolute Gasteiger partial charge is 0.338 e. The maximum atomic E-state index is 13.6. The first-order chi connectivity index (χ1) is 20.3. The van der Waals surface area contributed by atoms with Crippen LogP contribution < -0.4 is 11.0 Å². The molecule has 2 aliphatic carbocycles. The molecule has 9 nitrogen and oxygen atoms in total. The van der Waals surface area contributed by atoms with Crippen LogP contribution in [0.3, 0.4) is 0 Å². The van der Waals surface area contributed by atoms with Crippen LogP contribution in [0.5, 0.6) is 0 Å². The van der Waals surface area contributed by atoms with E-state index in [1.54, 1.807) is 39.8 Å². The third-order valence-electron chi connectivity index (χ3n) is 8.14. The predicted octanol–water partition coefficient (Wildman–Crippen LogP) is 4.83. The number of hydrogen-bond donors (Lipinski definition) is 1.